The van der Waals surface area contributed by atoms with E-state index in [0.29, 0.717) is 6.04 Å². The summed E-state index contributed by atoms with van der Waals surface area (Å²) in [6, 6.07) is 4.23. The first-order valence-corrected chi connectivity index (χ1v) is 7.88. The normalized spacial score (nSPS) is 29.3. The van der Waals surface area contributed by atoms with Gasteiger partial charge in [-0.05, 0) is 37.8 Å². The van der Waals surface area contributed by atoms with Crippen molar-refractivity contribution in [3.63, 3.8) is 0 Å². The number of thiophene rings is 1. The van der Waals surface area contributed by atoms with Gasteiger partial charge >= 0.3 is 0 Å². The number of rotatable bonds is 2. The lowest BCUT2D eigenvalue weighted by Gasteiger charge is -2.43. The van der Waals surface area contributed by atoms with Crippen LogP contribution in [0, 0.1) is 0 Å². The van der Waals surface area contributed by atoms with Crippen molar-refractivity contribution >= 4 is 17.2 Å². The van der Waals surface area contributed by atoms with Crippen molar-refractivity contribution in [3.05, 3.63) is 22.4 Å². The van der Waals surface area contributed by atoms with Crippen LogP contribution in [-0.2, 0) is 4.79 Å². The quantitative estimate of drug-likeness (QED) is 0.891. The molecule has 5 heteroatoms. The molecule has 0 aromatic carbocycles. The van der Waals surface area contributed by atoms with E-state index in [1.54, 1.807) is 11.3 Å². The molecule has 4 nitrogen and oxygen atoms in total. The monoisotopic (exact) mass is 279 g/mol. The van der Waals surface area contributed by atoms with Crippen LogP contribution in [0.3, 0.4) is 0 Å². The summed E-state index contributed by atoms with van der Waals surface area (Å²) in [7, 11) is 0. The molecule has 0 bridgehead atoms. The zero-order valence-electron chi connectivity index (χ0n) is 11.3. The molecule has 1 amide bonds. The van der Waals surface area contributed by atoms with Gasteiger partial charge in [0.15, 0.2) is 0 Å². The summed E-state index contributed by atoms with van der Waals surface area (Å²) in [5.41, 5.74) is 6.12. The second-order valence-corrected chi connectivity index (χ2v) is 6.60. The van der Waals surface area contributed by atoms with Crippen LogP contribution in [0.15, 0.2) is 17.5 Å². The summed E-state index contributed by atoms with van der Waals surface area (Å²) in [5.74, 6) is 0.0847. The molecule has 1 aromatic rings. The van der Waals surface area contributed by atoms with Gasteiger partial charge in [-0.1, -0.05) is 6.07 Å². The van der Waals surface area contributed by atoms with Gasteiger partial charge in [-0.25, -0.2) is 0 Å². The van der Waals surface area contributed by atoms with Gasteiger partial charge in [-0.15, -0.1) is 11.3 Å². The fourth-order valence-electron chi connectivity index (χ4n) is 3.26. The number of nitrogens with two attached hydrogens (primary N) is 1. The van der Waals surface area contributed by atoms with Gasteiger partial charge in [0.2, 0.25) is 5.91 Å². The lowest BCUT2D eigenvalue weighted by molar-refractivity contribution is -0.138. The Balaban J connectivity index is 1.72. The van der Waals surface area contributed by atoms with Crippen LogP contribution in [0.2, 0.25) is 0 Å². The van der Waals surface area contributed by atoms with Crippen molar-refractivity contribution < 1.29 is 4.79 Å². The molecule has 2 fully saturated rings. The van der Waals surface area contributed by atoms with E-state index in [0.717, 1.165) is 18.0 Å². The van der Waals surface area contributed by atoms with Crippen LogP contribution in [-0.4, -0.2) is 47.4 Å². The van der Waals surface area contributed by atoms with Gasteiger partial charge in [-0.2, -0.15) is 0 Å². The molecule has 3 heterocycles. The summed E-state index contributed by atoms with van der Waals surface area (Å²) in [4.78, 5) is 18.1. The standard InChI is InChI=1S/C14H21N3OS/c1-10-8-16-6-2-4-11(16)9-17(10)14(18)13(15)12-5-3-7-19-12/h3,5,7,10-11,13H,2,4,6,8-9,15H2,1H3. The smallest absolute Gasteiger partial charge is 0.245 e. The number of carbonyl (C=O) groups is 1. The van der Waals surface area contributed by atoms with Crippen molar-refractivity contribution in [1.82, 2.24) is 9.80 Å². The Hall–Kier alpha value is -0.910. The predicted molar refractivity (Wildman–Crippen MR) is 77.0 cm³/mol. The van der Waals surface area contributed by atoms with E-state index in [-0.39, 0.29) is 11.9 Å². The molecule has 2 aliphatic heterocycles. The lowest BCUT2D eigenvalue weighted by Crippen LogP contribution is -2.58. The molecule has 0 radical (unpaired) electrons. The van der Waals surface area contributed by atoms with Gasteiger partial charge in [0.1, 0.15) is 6.04 Å². The second kappa shape index (κ2) is 5.23. The minimum Gasteiger partial charge on any atom is -0.335 e. The molecule has 0 spiro atoms. The van der Waals surface area contributed by atoms with Gasteiger partial charge < -0.3 is 10.6 Å². The third kappa shape index (κ3) is 2.42. The van der Waals surface area contributed by atoms with Gasteiger partial charge in [0, 0.05) is 30.1 Å². The maximum Gasteiger partial charge on any atom is 0.245 e. The molecule has 3 unspecified atom stereocenters. The number of fused-ring (bicyclic) bond motifs is 1. The van der Waals surface area contributed by atoms with Crippen LogP contribution in [0.1, 0.15) is 30.7 Å². The highest BCUT2D eigenvalue weighted by Gasteiger charge is 2.38. The lowest BCUT2D eigenvalue weighted by atomic mass is 10.1. The third-order valence-electron chi connectivity index (χ3n) is 4.34. The van der Waals surface area contributed by atoms with E-state index >= 15 is 0 Å². The van der Waals surface area contributed by atoms with Gasteiger partial charge in [-0.3, -0.25) is 9.69 Å². The minimum atomic E-state index is -0.490. The van der Waals surface area contributed by atoms with Crippen LogP contribution in [0.4, 0.5) is 0 Å². The second-order valence-electron chi connectivity index (χ2n) is 5.62. The first-order valence-electron chi connectivity index (χ1n) is 7.00. The largest absolute Gasteiger partial charge is 0.335 e. The number of hydrogen-bond donors (Lipinski definition) is 1. The van der Waals surface area contributed by atoms with Crippen molar-refractivity contribution in [1.29, 1.82) is 0 Å². The SMILES string of the molecule is CC1CN2CCCC2CN1C(=O)C(N)c1cccs1. The van der Waals surface area contributed by atoms with E-state index < -0.39 is 6.04 Å². The summed E-state index contributed by atoms with van der Waals surface area (Å²) >= 11 is 1.56. The number of carbonyl (C=O) groups excluding carboxylic acids is 1. The molecule has 0 saturated carbocycles. The highest BCUT2D eigenvalue weighted by Crippen LogP contribution is 2.27. The van der Waals surface area contributed by atoms with E-state index in [2.05, 4.69) is 11.8 Å². The first-order chi connectivity index (χ1) is 9.16. The molecular weight excluding hydrogens is 258 g/mol. The van der Waals surface area contributed by atoms with Crippen LogP contribution in [0.5, 0.6) is 0 Å². The van der Waals surface area contributed by atoms with Crippen molar-refractivity contribution in [2.24, 2.45) is 5.73 Å². The number of piperazine rings is 1. The van der Waals surface area contributed by atoms with Crippen molar-refractivity contribution in [2.45, 2.75) is 37.9 Å². The third-order valence-corrected chi connectivity index (χ3v) is 5.29. The summed E-state index contributed by atoms with van der Waals surface area (Å²) in [6.07, 6.45) is 2.47. The molecule has 3 rings (SSSR count). The topological polar surface area (TPSA) is 49.6 Å². The molecule has 0 aliphatic carbocycles. The highest BCUT2D eigenvalue weighted by atomic mass is 32.1. The van der Waals surface area contributed by atoms with Crippen LogP contribution in [0.25, 0.3) is 0 Å². The molecular formula is C14H21N3OS. The average molecular weight is 279 g/mol. The highest BCUT2D eigenvalue weighted by molar-refractivity contribution is 7.10. The zero-order chi connectivity index (χ0) is 13.4. The maximum absolute atomic E-state index is 12.6. The number of nitrogens with zero attached hydrogens (tertiary/aromatic N) is 2. The Morgan fingerprint density at radius 1 is 1.53 bits per heavy atom. The van der Waals surface area contributed by atoms with Crippen molar-refractivity contribution in [3.8, 4) is 0 Å². The van der Waals surface area contributed by atoms with Crippen LogP contribution < -0.4 is 5.73 Å². The van der Waals surface area contributed by atoms with E-state index in [1.165, 1.54) is 19.4 Å². The van der Waals surface area contributed by atoms with Crippen LogP contribution >= 0.6 is 11.3 Å². The Morgan fingerprint density at radius 2 is 2.37 bits per heavy atom. The fourth-order valence-corrected chi connectivity index (χ4v) is 3.98. The molecule has 2 saturated heterocycles. The molecule has 2 aliphatic rings. The van der Waals surface area contributed by atoms with E-state index in [9.17, 15) is 4.79 Å². The molecule has 104 valence electrons. The zero-order valence-corrected chi connectivity index (χ0v) is 12.1. The average Bonchev–Trinajstić information content (AvgIpc) is 3.06. The summed E-state index contributed by atoms with van der Waals surface area (Å²) < 4.78 is 0. The molecule has 3 atom stereocenters. The summed E-state index contributed by atoms with van der Waals surface area (Å²) in [6.45, 7) is 5.16. The van der Waals surface area contributed by atoms with Gasteiger partial charge in [0.25, 0.3) is 0 Å². The van der Waals surface area contributed by atoms with Gasteiger partial charge in [0.05, 0.1) is 0 Å². The first kappa shape index (κ1) is 13.1. The Morgan fingerprint density at radius 3 is 3.11 bits per heavy atom. The number of amides is 1. The molecule has 19 heavy (non-hydrogen) atoms. The predicted octanol–water partition coefficient (Wildman–Crippen LogP) is 1.44. The Bertz CT molecular complexity index is 448. The van der Waals surface area contributed by atoms with E-state index in [1.807, 2.05) is 22.4 Å². The van der Waals surface area contributed by atoms with E-state index in [4.69, 9.17) is 5.73 Å². The Labute approximate surface area is 118 Å². The Kier molecular flexibility index (Phi) is 3.60. The minimum absolute atomic E-state index is 0.0847. The summed E-state index contributed by atoms with van der Waals surface area (Å²) in [5, 5.41) is 1.97. The number of hydrogen-bond acceptors (Lipinski definition) is 4. The van der Waals surface area contributed by atoms with Crippen molar-refractivity contribution in [2.75, 3.05) is 19.6 Å². The molecule has 2 N–H and O–H groups in total. The molecule has 1 aromatic heterocycles. The fraction of sp³-hybridized carbons (Fsp3) is 0.643. The maximum atomic E-state index is 12.6.